The number of likely N-dealkylation sites (N-methyl/N-ethyl adjacent to an activating group) is 1. The van der Waals surface area contributed by atoms with Crippen LogP contribution in [0.15, 0.2) is 58.1 Å². The minimum Gasteiger partial charge on any atom is -0.425 e. The summed E-state index contributed by atoms with van der Waals surface area (Å²) in [6.07, 6.45) is -5.91. The van der Waals surface area contributed by atoms with Crippen molar-refractivity contribution in [2.75, 3.05) is 20.6 Å². The fourth-order valence-corrected chi connectivity index (χ4v) is 4.17. The Morgan fingerprint density at radius 2 is 1.74 bits per heavy atom. The van der Waals surface area contributed by atoms with E-state index in [9.17, 15) is 27.9 Å². The van der Waals surface area contributed by atoms with E-state index in [0.717, 1.165) is 21.3 Å². The minimum atomic E-state index is -4.90. The number of benzene rings is 2. The largest absolute Gasteiger partial charge is 0.573 e. The highest BCUT2D eigenvalue weighted by molar-refractivity contribution is 6.30. The average molecular weight is 568 g/mol. The molecule has 1 N–H and O–H groups in total. The number of aliphatic hydroxyl groups excluding tert-OH is 1. The number of imidazole rings is 1. The molecule has 0 saturated heterocycles. The Balaban J connectivity index is 1.86. The van der Waals surface area contributed by atoms with Crippen LogP contribution in [0.1, 0.15) is 5.56 Å². The van der Waals surface area contributed by atoms with E-state index in [1.807, 2.05) is 0 Å². The van der Waals surface area contributed by atoms with Crippen LogP contribution in [-0.2, 0) is 20.1 Å². The molecular weight excluding hydrogens is 543 g/mol. The summed E-state index contributed by atoms with van der Waals surface area (Å²) >= 11 is 6.00. The summed E-state index contributed by atoms with van der Waals surface area (Å²) in [7, 11) is 4.90. The van der Waals surface area contributed by atoms with Crippen molar-refractivity contribution in [3.05, 3.63) is 80.0 Å². The molecule has 4 aromatic rings. The van der Waals surface area contributed by atoms with Gasteiger partial charge in [0.15, 0.2) is 11.2 Å². The average Bonchev–Trinajstić information content (AvgIpc) is 3.18. The number of fused-ring (bicyclic) bond motifs is 1. The molecule has 39 heavy (non-hydrogen) atoms. The molecule has 0 bridgehead atoms. The van der Waals surface area contributed by atoms with Gasteiger partial charge in [0, 0.05) is 24.7 Å². The Bertz CT molecular complexity index is 1600. The van der Waals surface area contributed by atoms with Crippen molar-refractivity contribution in [2.45, 2.75) is 25.6 Å². The van der Waals surface area contributed by atoms with Gasteiger partial charge in [0.2, 0.25) is 0 Å². The number of aliphatic hydroxyl groups is 1. The maximum atomic E-state index is 13.6. The summed E-state index contributed by atoms with van der Waals surface area (Å²) in [5.74, 6) is -0.554. The zero-order valence-electron chi connectivity index (χ0n) is 21.1. The van der Waals surface area contributed by atoms with E-state index in [1.165, 1.54) is 23.7 Å². The number of halogens is 4. The van der Waals surface area contributed by atoms with E-state index >= 15 is 0 Å². The van der Waals surface area contributed by atoms with Crippen molar-refractivity contribution in [3.63, 3.8) is 0 Å². The first-order chi connectivity index (χ1) is 18.3. The quantitative estimate of drug-likeness (QED) is 0.331. The second-order valence-electron chi connectivity index (χ2n) is 9.08. The number of rotatable bonds is 9. The first-order valence-corrected chi connectivity index (χ1v) is 12.0. The summed E-state index contributed by atoms with van der Waals surface area (Å²) < 4.78 is 51.4. The maximum absolute atomic E-state index is 13.6. The van der Waals surface area contributed by atoms with Crippen molar-refractivity contribution >= 4 is 22.8 Å². The van der Waals surface area contributed by atoms with Gasteiger partial charge >= 0.3 is 18.1 Å². The zero-order valence-corrected chi connectivity index (χ0v) is 21.9. The van der Waals surface area contributed by atoms with Crippen molar-refractivity contribution in [1.82, 2.24) is 23.6 Å². The zero-order chi connectivity index (χ0) is 28.5. The number of aromatic nitrogens is 4. The van der Waals surface area contributed by atoms with Crippen LogP contribution in [0.4, 0.5) is 13.2 Å². The summed E-state index contributed by atoms with van der Waals surface area (Å²) in [6, 6.07) is 11.4. The lowest BCUT2D eigenvalue weighted by Crippen LogP contribution is -2.43. The Kier molecular flexibility index (Phi) is 8.04. The second-order valence-corrected chi connectivity index (χ2v) is 9.51. The van der Waals surface area contributed by atoms with Gasteiger partial charge in [-0.15, -0.1) is 13.2 Å². The number of hydrogen-bond donors (Lipinski definition) is 1. The molecule has 0 saturated carbocycles. The van der Waals surface area contributed by atoms with Crippen molar-refractivity contribution in [1.29, 1.82) is 0 Å². The van der Waals surface area contributed by atoms with Crippen molar-refractivity contribution < 1.29 is 27.8 Å². The molecule has 14 heteroatoms. The van der Waals surface area contributed by atoms with Crippen LogP contribution in [0.25, 0.3) is 11.2 Å². The molecule has 0 radical (unpaired) electrons. The molecule has 1 atom stereocenters. The van der Waals surface area contributed by atoms with Gasteiger partial charge in [-0.25, -0.2) is 4.79 Å². The molecule has 10 nitrogen and oxygen atoms in total. The smallest absolute Gasteiger partial charge is 0.425 e. The topological polar surface area (TPSA) is 104 Å². The van der Waals surface area contributed by atoms with Gasteiger partial charge in [-0.1, -0.05) is 29.8 Å². The number of ether oxygens (including phenoxy) is 2. The van der Waals surface area contributed by atoms with Gasteiger partial charge in [0.1, 0.15) is 11.5 Å². The van der Waals surface area contributed by atoms with E-state index in [2.05, 4.69) is 9.72 Å². The fourth-order valence-electron chi connectivity index (χ4n) is 4.04. The van der Waals surface area contributed by atoms with Crippen LogP contribution in [0.2, 0.25) is 5.02 Å². The number of nitrogens with zero attached hydrogens (tertiary/aromatic N) is 5. The van der Waals surface area contributed by atoms with E-state index in [-0.39, 0.29) is 42.6 Å². The van der Waals surface area contributed by atoms with Gasteiger partial charge in [-0.2, -0.15) is 4.98 Å². The molecule has 1 unspecified atom stereocenters. The van der Waals surface area contributed by atoms with E-state index in [4.69, 9.17) is 16.3 Å². The van der Waals surface area contributed by atoms with Crippen LogP contribution in [0.5, 0.6) is 17.5 Å². The molecule has 2 aromatic carbocycles. The van der Waals surface area contributed by atoms with Crippen molar-refractivity contribution in [3.8, 4) is 17.5 Å². The molecule has 2 aromatic heterocycles. The molecule has 208 valence electrons. The third kappa shape index (κ3) is 6.61. The van der Waals surface area contributed by atoms with Crippen LogP contribution in [0.3, 0.4) is 0 Å². The standard InChI is InChI=1S/C25H25ClF3N5O5/c1-31(2)13-17(35)14-34-22(36)20-21(32(3)24(34)37)30-23(33(20)12-15-7-9-16(26)10-8-15)38-18-5-4-6-19(11-18)39-25(27,28)29/h4-11,17,35H,12-14H2,1-3H3. The maximum Gasteiger partial charge on any atom is 0.573 e. The molecule has 4 rings (SSSR count). The van der Waals surface area contributed by atoms with E-state index in [1.54, 1.807) is 43.3 Å². The van der Waals surface area contributed by atoms with Gasteiger partial charge in [0.05, 0.1) is 19.2 Å². The summed E-state index contributed by atoms with van der Waals surface area (Å²) in [4.78, 5) is 32.7. The summed E-state index contributed by atoms with van der Waals surface area (Å²) in [6.45, 7) is -0.00340. The molecule has 0 spiro atoms. The molecule has 0 aliphatic rings. The summed E-state index contributed by atoms with van der Waals surface area (Å²) in [5, 5.41) is 10.9. The van der Waals surface area contributed by atoms with Gasteiger partial charge in [-0.05, 0) is 43.9 Å². The lowest BCUT2D eigenvalue weighted by Gasteiger charge is -2.17. The highest BCUT2D eigenvalue weighted by Gasteiger charge is 2.31. The SMILES string of the molecule is CN(C)CC(O)Cn1c(=O)c2c(nc(Oc3cccc(OC(F)(F)F)c3)n2Cc2ccc(Cl)cc2)n(C)c1=O. The first-order valence-electron chi connectivity index (χ1n) is 11.6. The van der Waals surface area contributed by atoms with Gasteiger partial charge < -0.3 is 19.5 Å². The first kappa shape index (κ1) is 28.2. The minimum absolute atomic E-state index is 0.00167. The third-order valence-corrected chi connectivity index (χ3v) is 5.92. The molecular formula is C25H25ClF3N5O5. The van der Waals surface area contributed by atoms with Crippen molar-refractivity contribution in [2.24, 2.45) is 7.05 Å². The normalized spacial score (nSPS) is 12.7. The lowest BCUT2D eigenvalue weighted by atomic mass is 10.2. The number of alkyl halides is 3. The summed E-state index contributed by atoms with van der Waals surface area (Å²) in [5.41, 5.74) is -0.716. The van der Waals surface area contributed by atoms with Crippen LogP contribution < -0.4 is 20.7 Å². The Morgan fingerprint density at radius 3 is 2.38 bits per heavy atom. The molecule has 2 heterocycles. The second kappa shape index (κ2) is 11.1. The Labute approximate surface area is 225 Å². The monoisotopic (exact) mass is 567 g/mol. The molecule has 0 aliphatic heterocycles. The van der Waals surface area contributed by atoms with Gasteiger partial charge in [0.25, 0.3) is 5.56 Å². The van der Waals surface area contributed by atoms with Crippen LogP contribution in [-0.4, -0.2) is 61.8 Å². The van der Waals surface area contributed by atoms with Crippen LogP contribution in [0, 0.1) is 0 Å². The predicted molar refractivity (Wildman–Crippen MR) is 138 cm³/mol. The lowest BCUT2D eigenvalue weighted by molar-refractivity contribution is -0.274. The van der Waals surface area contributed by atoms with Crippen LogP contribution >= 0.6 is 11.6 Å². The Hall–Kier alpha value is -3.81. The highest BCUT2D eigenvalue weighted by Crippen LogP contribution is 2.30. The molecule has 0 amide bonds. The van der Waals surface area contributed by atoms with Gasteiger partial charge in [-0.3, -0.25) is 18.5 Å². The Morgan fingerprint density at radius 1 is 1.08 bits per heavy atom. The predicted octanol–water partition coefficient (Wildman–Crippen LogP) is 3.21. The number of aryl methyl sites for hydroxylation is 1. The number of hydrogen-bond acceptors (Lipinski definition) is 7. The van der Waals surface area contributed by atoms with E-state index < -0.39 is 29.5 Å². The highest BCUT2D eigenvalue weighted by atomic mass is 35.5. The van der Waals surface area contributed by atoms with E-state index in [0.29, 0.717) is 10.6 Å². The fraction of sp³-hybridized carbons (Fsp3) is 0.320. The third-order valence-electron chi connectivity index (χ3n) is 5.67. The molecule has 0 aliphatic carbocycles. The molecule has 0 fully saturated rings.